The van der Waals surface area contributed by atoms with E-state index in [4.69, 9.17) is 5.11 Å². The van der Waals surface area contributed by atoms with E-state index >= 15 is 0 Å². The highest BCUT2D eigenvalue weighted by atomic mass is 19.4. The normalized spacial score (nSPS) is 14.9. The second kappa shape index (κ2) is 10.9. The highest BCUT2D eigenvalue weighted by Crippen LogP contribution is 2.48. The molecule has 206 valence electrons. The van der Waals surface area contributed by atoms with Crippen molar-refractivity contribution in [3.05, 3.63) is 102 Å². The number of pyridine rings is 1. The molecule has 1 unspecified atom stereocenters. The van der Waals surface area contributed by atoms with Crippen LogP contribution in [-0.2, 0) is 27.7 Å². The number of carboxylic acids is 1. The van der Waals surface area contributed by atoms with Gasteiger partial charge in [0.05, 0.1) is 11.8 Å². The van der Waals surface area contributed by atoms with Gasteiger partial charge in [-0.1, -0.05) is 42.5 Å². The van der Waals surface area contributed by atoms with Gasteiger partial charge >= 0.3 is 12.1 Å². The first-order chi connectivity index (χ1) is 19.1. The molecular weight excluding hydrogens is 523 g/mol. The first-order valence-electron chi connectivity index (χ1n) is 12.6. The molecule has 0 aliphatic heterocycles. The Hall–Kier alpha value is -4.51. The molecule has 0 saturated heterocycles. The van der Waals surface area contributed by atoms with Gasteiger partial charge in [-0.15, -0.1) is 0 Å². The van der Waals surface area contributed by atoms with Crippen LogP contribution in [0.3, 0.4) is 0 Å². The van der Waals surface area contributed by atoms with Gasteiger partial charge in [0.2, 0.25) is 5.91 Å². The smallest absolute Gasteiger partial charge is 0.416 e. The average molecular weight is 550 g/mol. The van der Waals surface area contributed by atoms with E-state index < -0.39 is 23.8 Å². The van der Waals surface area contributed by atoms with Gasteiger partial charge in [-0.05, 0) is 48.2 Å². The van der Waals surface area contributed by atoms with E-state index in [2.05, 4.69) is 20.7 Å². The van der Waals surface area contributed by atoms with Crippen molar-refractivity contribution < 1.29 is 27.9 Å². The fourth-order valence-corrected chi connectivity index (χ4v) is 4.61. The van der Waals surface area contributed by atoms with Crippen LogP contribution in [-0.4, -0.2) is 38.3 Å². The third kappa shape index (κ3) is 6.20. The number of amides is 1. The van der Waals surface area contributed by atoms with Crippen LogP contribution in [0.1, 0.15) is 35.6 Å². The van der Waals surface area contributed by atoms with Crippen molar-refractivity contribution in [3.63, 3.8) is 0 Å². The number of nitrogens with one attached hydrogen (secondary N) is 2. The largest absolute Gasteiger partial charge is 0.480 e. The van der Waals surface area contributed by atoms with Crippen LogP contribution in [0.25, 0.3) is 11.1 Å². The second-order valence-corrected chi connectivity index (χ2v) is 9.82. The summed E-state index contributed by atoms with van der Waals surface area (Å²) in [6, 6.07) is 17.1. The molecule has 0 radical (unpaired) electrons. The maximum atomic E-state index is 13.4. The quantitative estimate of drug-likeness (QED) is 0.256. The zero-order chi connectivity index (χ0) is 28.3. The molecule has 4 aromatic rings. The highest BCUT2D eigenvalue weighted by Gasteiger charge is 2.45. The molecule has 5 rings (SSSR count). The third-order valence-corrected chi connectivity index (χ3v) is 7.00. The standard InChI is InChI=1S/C29H26F3N5O3/c30-29(31,32)23-9-7-22(8-10-23)28(12-13-28)18-34-26(19-4-2-1-3-5-19)27(40)36-24-11-6-20(14-33-24)21-15-35-37(16-21)17-25(38)39/h1-11,14-16,26,34H,12-13,17-18H2,(H,38,39)(H,33,36,40). The molecule has 1 amide bonds. The van der Waals surface area contributed by atoms with Crippen molar-refractivity contribution in [3.8, 4) is 11.1 Å². The zero-order valence-corrected chi connectivity index (χ0v) is 21.2. The topological polar surface area (TPSA) is 109 Å². The number of anilines is 1. The zero-order valence-electron chi connectivity index (χ0n) is 21.2. The van der Waals surface area contributed by atoms with Gasteiger partial charge in [0.1, 0.15) is 18.4 Å². The molecule has 2 aromatic heterocycles. The number of carboxylic acid groups (broad SMARTS) is 1. The third-order valence-electron chi connectivity index (χ3n) is 7.00. The van der Waals surface area contributed by atoms with E-state index in [0.29, 0.717) is 23.5 Å². The summed E-state index contributed by atoms with van der Waals surface area (Å²) in [6.07, 6.45) is 1.92. The Morgan fingerprint density at radius 1 is 0.975 bits per heavy atom. The number of halogens is 3. The van der Waals surface area contributed by atoms with E-state index in [-0.39, 0.29) is 17.9 Å². The van der Waals surface area contributed by atoms with Crippen LogP contribution in [0.4, 0.5) is 19.0 Å². The molecule has 1 atom stereocenters. The van der Waals surface area contributed by atoms with Crippen molar-refractivity contribution in [1.29, 1.82) is 0 Å². The predicted octanol–water partition coefficient (Wildman–Crippen LogP) is 5.05. The lowest BCUT2D eigenvalue weighted by molar-refractivity contribution is -0.138. The Morgan fingerprint density at radius 2 is 1.70 bits per heavy atom. The number of aliphatic carboxylic acids is 1. The van der Waals surface area contributed by atoms with Crippen LogP contribution in [0.2, 0.25) is 0 Å². The fourth-order valence-electron chi connectivity index (χ4n) is 4.61. The maximum absolute atomic E-state index is 13.4. The predicted molar refractivity (Wildman–Crippen MR) is 141 cm³/mol. The van der Waals surface area contributed by atoms with Gasteiger partial charge in [0.15, 0.2) is 0 Å². The van der Waals surface area contributed by atoms with Crippen molar-refractivity contribution in [1.82, 2.24) is 20.1 Å². The Bertz CT molecular complexity index is 1480. The van der Waals surface area contributed by atoms with Gasteiger partial charge in [0, 0.05) is 35.5 Å². The summed E-state index contributed by atoms with van der Waals surface area (Å²) in [4.78, 5) is 28.6. The van der Waals surface area contributed by atoms with Gasteiger partial charge in [-0.3, -0.25) is 14.3 Å². The number of benzene rings is 2. The lowest BCUT2D eigenvalue weighted by atomic mass is 9.94. The van der Waals surface area contributed by atoms with E-state index in [1.807, 2.05) is 30.3 Å². The molecule has 11 heteroatoms. The number of hydrogen-bond acceptors (Lipinski definition) is 5. The Kier molecular flexibility index (Phi) is 7.40. The minimum absolute atomic E-state index is 0.254. The number of rotatable bonds is 10. The lowest BCUT2D eigenvalue weighted by Gasteiger charge is -2.23. The summed E-state index contributed by atoms with van der Waals surface area (Å²) in [5.41, 5.74) is 1.93. The fraction of sp³-hybridized carbons (Fsp3) is 0.241. The first-order valence-corrected chi connectivity index (χ1v) is 12.6. The van der Waals surface area contributed by atoms with Gasteiger partial charge in [-0.2, -0.15) is 18.3 Å². The highest BCUT2D eigenvalue weighted by molar-refractivity contribution is 5.95. The molecule has 0 spiro atoms. The molecule has 1 aliphatic rings. The summed E-state index contributed by atoms with van der Waals surface area (Å²) >= 11 is 0. The summed E-state index contributed by atoms with van der Waals surface area (Å²) in [5.74, 6) is -0.999. The average Bonchev–Trinajstić information content (AvgIpc) is 3.59. The first kappa shape index (κ1) is 27.1. The minimum Gasteiger partial charge on any atom is -0.480 e. The molecule has 40 heavy (non-hydrogen) atoms. The van der Waals surface area contributed by atoms with Crippen molar-refractivity contribution in [2.45, 2.75) is 37.0 Å². The molecule has 8 nitrogen and oxygen atoms in total. The van der Waals surface area contributed by atoms with Crippen LogP contribution >= 0.6 is 0 Å². The Morgan fingerprint density at radius 3 is 2.30 bits per heavy atom. The van der Waals surface area contributed by atoms with Crippen LogP contribution in [0.5, 0.6) is 0 Å². The van der Waals surface area contributed by atoms with E-state index in [1.165, 1.54) is 23.0 Å². The maximum Gasteiger partial charge on any atom is 0.416 e. The van der Waals surface area contributed by atoms with Gasteiger partial charge in [-0.25, -0.2) is 4.98 Å². The van der Waals surface area contributed by atoms with E-state index in [9.17, 15) is 22.8 Å². The van der Waals surface area contributed by atoms with Crippen LogP contribution < -0.4 is 10.6 Å². The number of alkyl halides is 3. The van der Waals surface area contributed by atoms with Crippen molar-refractivity contribution in [2.24, 2.45) is 0 Å². The molecule has 2 aromatic carbocycles. The number of carbonyl (C=O) groups excluding carboxylic acids is 1. The molecule has 2 heterocycles. The summed E-state index contributed by atoms with van der Waals surface area (Å²) < 4.78 is 40.3. The van der Waals surface area contributed by atoms with Gasteiger partial charge < -0.3 is 15.7 Å². The number of hydrogen-bond donors (Lipinski definition) is 3. The van der Waals surface area contributed by atoms with Crippen molar-refractivity contribution >= 4 is 17.7 Å². The molecule has 1 aliphatic carbocycles. The Labute approximate surface area is 227 Å². The number of nitrogens with zero attached hydrogens (tertiary/aromatic N) is 3. The second-order valence-electron chi connectivity index (χ2n) is 9.82. The molecule has 3 N–H and O–H groups in total. The van der Waals surface area contributed by atoms with E-state index in [0.717, 1.165) is 36.1 Å². The van der Waals surface area contributed by atoms with E-state index in [1.54, 1.807) is 24.5 Å². The minimum atomic E-state index is -4.39. The summed E-state index contributed by atoms with van der Waals surface area (Å²) in [5, 5.41) is 19.1. The Balaban J connectivity index is 1.28. The molecule has 1 saturated carbocycles. The van der Waals surface area contributed by atoms with Crippen LogP contribution in [0, 0.1) is 0 Å². The monoisotopic (exact) mass is 549 g/mol. The molecular formula is C29H26F3N5O3. The number of aromatic nitrogens is 3. The lowest BCUT2D eigenvalue weighted by Crippen LogP contribution is -2.37. The summed E-state index contributed by atoms with van der Waals surface area (Å²) in [7, 11) is 0. The number of carbonyl (C=O) groups is 2. The van der Waals surface area contributed by atoms with Gasteiger partial charge in [0.25, 0.3) is 0 Å². The van der Waals surface area contributed by atoms with Crippen molar-refractivity contribution in [2.75, 3.05) is 11.9 Å². The molecule has 1 fully saturated rings. The summed E-state index contributed by atoms with van der Waals surface area (Å²) in [6.45, 7) is 0.160. The SMILES string of the molecule is O=C(O)Cn1cc(-c2ccc(NC(=O)C(NCC3(c4ccc(C(F)(F)F)cc4)CC3)c3ccccc3)nc2)cn1. The molecule has 0 bridgehead atoms. The van der Waals surface area contributed by atoms with Crippen LogP contribution in [0.15, 0.2) is 85.3 Å².